The predicted octanol–water partition coefficient (Wildman–Crippen LogP) is 4.73. The average molecular weight is 373 g/mol. The van der Waals surface area contributed by atoms with Gasteiger partial charge in [-0.25, -0.2) is 9.37 Å². The van der Waals surface area contributed by atoms with E-state index in [1.807, 2.05) is 36.4 Å². The Labute approximate surface area is 162 Å². The van der Waals surface area contributed by atoms with E-state index in [9.17, 15) is 9.18 Å². The zero-order valence-electron chi connectivity index (χ0n) is 15.3. The zero-order chi connectivity index (χ0) is 19.3. The van der Waals surface area contributed by atoms with Gasteiger partial charge >= 0.3 is 0 Å². The Kier molecular flexibility index (Phi) is 5.15. The van der Waals surface area contributed by atoms with Crippen molar-refractivity contribution in [1.82, 2.24) is 15.3 Å². The Morgan fingerprint density at radius 3 is 2.68 bits per heavy atom. The van der Waals surface area contributed by atoms with Crippen molar-refractivity contribution in [3.05, 3.63) is 90.0 Å². The van der Waals surface area contributed by atoms with Gasteiger partial charge in [-0.05, 0) is 48.2 Å². The summed E-state index contributed by atoms with van der Waals surface area (Å²) in [6.07, 6.45) is 3.29. The quantitative estimate of drug-likeness (QED) is 0.480. The molecule has 4 rings (SSSR count). The fourth-order valence-corrected chi connectivity index (χ4v) is 3.22. The molecule has 0 bridgehead atoms. The molecule has 0 radical (unpaired) electrons. The van der Waals surface area contributed by atoms with Crippen LogP contribution in [0.1, 0.15) is 22.3 Å². The van der Waals surface area contributed by atoms with Crippen molar-refractivity contribution in [3.63, 3.8) is 0 Å². The first-order valence-corrected chi connectivity index (χ1v) is 9.26. The van der Waals surface area contributed by atoms with E-state index in [0.29, 0.717) is 17.7 Å². The number of hydrogen-bond donors (Lipinski definition) is 2. The first-order valence-electron chi connectivity index (χ1n) is 9.26. The van der Waals surface area contributed by atoms with Crippen LogP contribution < -0.4 is 5.32 Å². The van der Waals surface area contributed by atoms with Gasteiger partial charge in [0.05, 0.1) is 17.4 Å². The summed E-state index contributed by atoms with van der Waals surface area (Å²) >= 11 is 0. The molecule has 1 aromatic heterocycles. The zero-order valence-corrected chi connectivity index (χ0v) is 15.3. The molecule has 1 amide bonds. The molecule has 0 saturated heterocycles. The summed E-state index contributed by atoms with van der Waals surface area (Å²) in [7, 11) is 0. The minimum atomic E-state index is -0.217. The van der Waals surface area contributed by atoms with Crippen LogP contribution in [0.15, 0.2) is 73.1 Å². The number of rotatable bonds is 6. The molecule has 0 aliphatic carbocycles. The maximum Gasteiger partial charge on any atom is 0.251 e. The highest BCUT2D eigenvalue weighted by Gasteiger charge is 2.07. The highest BCUT2D eigenvalue weighted by Crippen LogP contribution is 2.23. The lowest BCUT2D eigenvalue weighted by Crippen LogP contribution is -2.24. The van der Waals surface area contributed by atoms with Gasteiger partial charge in [-0.1, -0.05) is 42.5 Å². The second-order valence-electron chi connectivity index (χ2n) is 6.67. The van der Waals surface area contributed by atoms with E-state index in [4.69, 9.17) is 0 Å². The molecule has 28 heavy (non-hydrogen) atoms. The summed E-state index contributed by atoms with van der Waals surface area (Å²) in [5.41, 5.74) is 4.93. The van der Waals surface area contributed by atoms with Crippen LogP contribution in [-0.4, -0.2) is 22.4 Å². The molecular weight excluding hydrogens is 353 g/mol. The first kappa shape index (κ1) is 17.9. The van der Waals surface area contributed by atoms with Crippen molar-refractivity contribution in [3.8, 4) is 11.1 Å². The lowest BCUT2D eigenvalue weighted by atomic mass is 10.0. The minimum absolute atomic E-state index is 0.0974. The third-order valence-electron chi connectivity index (χ3n) is 4.75. The average Bonchev–Trinajstić information content (AvgIpc) is 3.20. The Balaban J connectivity index is 1.29. The molecule has 0 atom stereocenters. The number of halogens is 1. The molecule has 1 heterocycles. The van der Waals surface area contributed by atoms with Crippen LogP contribution in [0, 0.1) is 5.82 Å². The van der Waals surface area contributed by atoms with E-state index in [2.05, 4.69) is 15.3 Å². The summed E-state index contributed by atoms with van der Waals surface area (Å²) in [6.45, 7) is 0.590. The van der Waals surface area contributed by atoms with E-state index in [1.165, 1.54) is 6.07 Å². The van der Waals surface area contributed by atoms with Crippen molar-refractivity contribution in [2.45, 2.75) is 12.8 Å². The number of imidazole rings is 1. The van der Waals surface area contributed by atoms with Crippen LogP contribution in [0.2, 0.25) is 0 Å². The van der Waals surface area contributed by atoms with Crippen molar-refractivity contribution < 1.29 is 9.18 Å². The molecule has 0 aliphatic heterocycles. The number of hydrogen-bond acceptors (Lipinski definition) is 2. The van der Waals surface area contributed by atoms with Crippen LogP contribution in [0.5, 0.6) is 0 Å². The SMILES string of the molecule is O=C(NCCCc1ccc(-c2ccccc2F)cc1)c1ccc2[nH]cnc2c1. The van der Waals surface area contributed by atoms with E-state index < -0.39 is 0 Å². The Morgan fingerprint density at radius 2 is 1.86 bits per heavy atom. The van der Waals surface area contributed by atoms with Crippen LogP contribution in [0.3, 0.4) is 0 Å². The number of nitrogens with zero attached hydrogens (tertiary/aromatic N) is 1. The summed E-state index contributed by atoms with van der Waals surface area (Å²) < 4.78 is 13.9. The third kappa shape index (κ3) is 3.93. The predicted molar refractivity (Wildman–Crippen MR) is 109 cm³/mol. The van der Waals surface area contributed by atoms with Gasteiger partial charge in [0.15, 0.2) is 0 Å². The highest BCUT2D eigenvalue weighted by atomic mass is 19.1. The second kappa shape index (κ2) is 8.05. The summed E-state index contributed by atoms with van der Waals surface area (Å²) in [4.78, 5) is 19.5. The number of amides is 1. The number of aryl methyl sites for hydroxylation is 1. The smallest absolute Gasteiger partial charge is 0.251 e. The number of carbonyl (C=O) groups is 1. The number of aromatic amines is 1. The number of aromatic nitrogens is 2. The van der Waals surface area contributed by atoms with Crippen molar-refractivity contribution in [2.24, 2.45) is 0 Å². The molecule has 5 heteroatoms. The Bertz CT molecular complexity index is 1100. The number of carbonyl (C=O) groups excluding carboxylic acids is 1. The molecule has 0 aliphatic rings. The second-order valence-corrected chi connectivity index (χ2v) is 6.67. The van der Waals surface area contributed by atoms with Gasteiger partial charge in [0.25, 0.3) is 5.91 Å². The molecule has 4 aromatic rings. The number of nitrogens with one attached hydrogen (secondary N) is 2. The molecule has 140 valence electrons. The van der Waals surface area contributed by atoms with Crippen LogP contribution in [-0.2, 0) is 6.42 Å². The van der Waals surface area contributed by atoms with Crippen LogP contribution in [0.4, 0.5) is 4.39 Å². The van der Waals surface area contributed by atoms with Crippen molar-refractivity contribution >= 4 is 16.9 Å². The molecule has 0 fully saturated rings. The number of fused-ring (bicyclic) bond motifs is 1. The Hall–Kier alpha value is -3.47. The van der Waals surface area contributed by atoms with E-state index in [1.54, 1.807) is 30.6 Å². The molecule has 2 N–H and O–H groups in total. The topological polar surface area (TPSA) is 57.8 Å². The summed E-state index contributed by atoms with van der Waals surface area (Å²) in [5.74, 6) is -0.314. The fourth-order valence-electron chi connectivity index (χ4n) is 3.22. The third-order valence-corrected chi connectivity index (χ3v) is 4.75. The number of benzene rings is 3. The van der Waals surface area contributed by atoms with E-state index in [0.717, 1.165) is 35.0 Å². The highest BCUT2D eigenvalue weighted by molar-refractivity contribution is 5.97. The molecular formula is C23H20FN3O. The maximum atomic E-state index is 13.9. The largest absolute Gasteiger partial charge is 0.352 e. The van der Waals surface area contributed by atoms with Gasteiger partial charge in [0, 0.05) is 17.7 Å². The molecule has 0 unspecified atom stereocenters. The fraction of sp³-hybridized carbons (Fsp3) is 0.130. The van der Waals surface area contributed by atoms with Gasteiger partial charge in [-0.15, -0.1) is 0 Å². The van der Waals surface area contributed by atoms with Gasteiger partial charge in [-0.3, -0.25) is 4.79 Å². The van der Waals surface area contributed by atoms with Crippen molar-refractivity contribution in [1.29, 1.82) is 0 Å². The van der Waals surface area contributed by atoms with Crippen molar-refractivity contribution in [2.75, 3.05) is 6.54 Å². The standard InChI is InChI=1S/C23H20FN3O/c24-20-6-2-1-5-19(20)17-9-7-16(8-10-17)4-3-13-25-23(28)18-11-12-21-22(14-18)27-15-26-21/h1-2,5-12,14-15H,3-4,13H2,(H,25,28)(H,26,27). The van der Waals surface area contributed by atoms with E-state index in [-0.39, 0.29) is 11.7 Å². The first-order chi connectivity index (χ1) is 13.7. The normalized spacial score (nSPS) is 10.9. The van der Waals surface area contributed by atoms with Gasteiger partial charge in [-0.2, -0.15) is 0 Å². The lowest BCUT2D eigenvalue weighted by molar-refractivity contribution is 0.0953. The maximum absolute atomic E-state index is 13.9. The number of H-pyrrole nitrogens is 1. The molecule has 0 saturated carbocycles. The minimum Gasteiger partial charge on any atom is -0.352 e. The summed E-state index contributed by atoms with van der Waals surface area (Å²) in [6, 6.07) is 20.1. The summed E-state index contributed by atoms with van der Waals surface area (Å²) in [5, 5.41) is 2.94. The molecule has 3 aromatic carbocycles. The Morgan fingerprint density at radius 1 is 1.04 bits per heavy atom. The van der Waals surface area contributed by atoms with Gasteiger partial charge in [0.2, 0.25) is 0 Å². The molecule has 4 nitrogen and oxygen atoms in total. The van der Waals surface area contributed by atoms with Crippen LogP contribution >= 0.6 is 0 Å². The van der Waals surface area contributed by atoms with Gasteiger partial charge in [0.1, 0.15) is 5.82 Å². The van der Waals surface area contributed by atoms with E-state index >= 15 is 0 Å². The monoisotopic (exact) mass is 373 g/mol. The lowest BCUT2D eigenvalue weighted by Gasteiger charge is -2.07. The van der Waals surface area contributed by atoms with Crippen LogP contribution in [0.25, 0.3) is 22.2 Å². The molecule has 0 spiro atoms. The van der Waals surface area contributed by atoms with Gasteiger partial charge < -0.3 is 10.3 Å².